The molecule has 0 bridgehead atoms. The number of ketones is 1. The van der Waals surface area contributed by atoms with Crippen molar-refractivity contribution in [3.05, 3.63) is 65.1 Å². The normalized spacial score (nSPS) is 25.9. The first-order valence-electron chi connectivity index (χ1n) is 12.9. The number of aryl methyl sites for hydroxylation is 1. The van der Waals surface area contributed by atoms with Gasteiger partial charge in [-0.15, -0.1) is 0 Å². The van der Waals surface area contributed by atoms with Gasteiger partial charge in [0.15, 0.2) is 11.5 Å². The van der Waals surface area contributed by atoms with Crippen LogP contribution in [0.5, 0.6) is 5.75 Å². The number of rotatable bonds is 7. The first-order chi connectivity index (χ1) is 17.0. The number of aromatic nitrogens is 1. The Balaban J connectivity index is 1.51. The monoisotopic (exact) mass is 474 g/mol. The van der Waals surface area contributed by atoms with Gasteiger partial charge in [-0.3, -0.25) is 14.5 Å². The molecule has 2 aromatic rings. The highest BCUT2D eigenvalue weighted by molar-refractivity contribution is 6.17. The zero-order chi connectivity index (χ0) is 24.5. The van der Waals surface area contributed by atoms with Crippen molar-refractivity contribution in [1.29, 1.82) is 0 Å². The van der Waals surface area contributed by atoms with Crippen LogP contribution in [0.3, 0.4) is 0 Å². The van der Waals surface area contributed by atoms with Gasteiger partial charge in [-0.25, -0.2) is 4.98 Å². The van der Waals surface area contributed by atoms with Crippen LogP contribution in [0.4, 0.5) is 5.82 Å². The number of carbonyl (C=O) groups excluding carboxylic acids is 2. The Hall–Kier alpha value is -3.15. The topological polar surface area (TPSA) is 68.7 Å². The van der Waals surface area contributed by atoms with Crippen molar-refractivity contribution < 1.29 is 19.1 Å². The molecule has 1 saturated carbocycles. The third kappa shape index (κ3) is 4.46. The second-order valence-electron chi connectivity index (χ2n) is 10.1. The molecule has 1 fully saturated rings. The second kappa shape index (κ2) is 9.84. The Morgan fingerprint density at radius 1 is 1.09 bits per heavy atom. The lowest BCUT2D eigenvalue weighted by Crippen LogP contribution is -2.41. The largest absolute Gasteiger partial charge is 0.494 e. The van der Waals surface area contributed by atoms with E-state index >= 15 is 0 Å². The average Bonchev–Trinajstić information content (AvgIpc) is 3.15. The standard InChI is InChI=1S/C29H34N2O4/c1-4-5-6-16-34-21-13-11-20(12-14-21)26-25-27(32)22-17-18(2)10-15-23(22)35-28(25)29(33)31(26)24-9-7-8-19(3)30-24/h7-9,11-14,18,22-23,26H,4-6,10,15-17H2,1-3H3. The number of hydrogen-bond acceptors (Lipinski definition) is 5. The molecular formula is C29H34N2O4. The van der Waals surface area contributed by atoms with Crippen molar-refractivity contribution in [2.24, 2.45) is 11.8 Å². The van der Waals surface area contributed by atoms with Crippen molar-refractivity contribution in [1.82, 2.24) is 4.98 Å². The van der Waals surface area contributed by atoms with E-state index in [2.05, 4.69) is 18.8 Å². The van der Waals surface area contributed by atoms with Crippen molar-refractivity contribution in [2.75, 3.05) is 11.5 Å². The first-order valence-corrected chi connectivity index (χ1v) is 12.9. The molecule has 3 aliphatic rings. The molecule has 1 aromatic carbocycles. The van der Waals surface area contributed by atoms with Crippen LogP contribution in [0.1, 0.15) is 69.7 Å². The third-order valence-electron chi connectivity index (χ3n) is 7.44. The lowest BCUT2D eigenvalue weighted by molar-refractivity contribution is -0.132. The molecule has 35 heavy (non-hydrogen) atoms. The Kier molecular flexibility index (Phi) is 6.63. The molecule has 2 aliphatic heterocycles. The molecule has 0 saturated heterocycles. The zero-order valence-corrected chi connectivity index (χ0v) is 20.8. The van der Waals surface area contributed by atoms with Crippen molar-refractivity contribution >= 4 is 17.5 Å². The summed E-state index contributed by atoms with van der Waals surface area (Å²) in [6.45, 7) is 6.93. The van der Waals surface area contributed by atoms with Crippen LogP contribution < -0.4 is 9.64 Å². The number of fused-ring (bicyclic) bond motifs is 1. The molecule has 0 N–H and O–H groups in total. The number of nitrogens with zero attached hydrogens (tertiary/aromatic N) is 2. The Morgan fingerprint density at radius 3 is 2.63 bits per heavy atom. The van der Waals surface area contributed by atoms with Crippen LogP contribution in [0.15, 0.2) is 53.8 Å². The predicted molar refractivity (Wildman–Crippen MR) is 134 cm³/mol. The summed E-state index contributed by atoms with van der Waals surface area (Å²) >= 11 is 0. The van der Waals surface area contributed by atoms with Crippen molar-refractivity contribution in [3.8, 4) is 5.75 Å². The highest BCUT2D eigenvalue weighted by Gasteiger charge is 2.53. The van der Waals surface area contributed by atoms with Crippen molar-refractivity contribution in [2.45, 2.75) is 71.4 Å². The maximum atomic E-state index is 13.9. The molecule has 5 rings (SSSR count). The number of benzene rings is 1. The fourth-order valence-electron chi connectivity index (χ4n) is 5.58. The fourth-order valence-corrected chi connectivity index (χ4v) is 5.58. The lowest BCUT2D eigenvalue weighted by Gasteiger charge is -2.37. The van der Waals surface area contributed by atoms with Gasteiger partial charge in [-0.05, 0) is 68.4 Å². The van der Waals surface area contributed by atoms with E-state index in [0.29, 0.717) is 23.9 Å². The van der Waals surface area contributed by atoms with Crippen molar-refractivity contribution in [3.63, 3.8) is 0 Å². The summed E-state index contributed by atoms with van der Waals surface area (Å²) in [6.07, 6.45) is 5.71. The van der Waals surface area contributed by atoms with Gasteiger partial charge in [-0.1, -0.05) is 44.9 Å². The number of pyridine rings is 1. The molecule has 6 nitrogen and oxygen atoms in total. The van der Waals surface area contributed by atoms with Crippen LogP contribution in [0.2, 0.25) is 0 Å². The highest BCUT2D eigenvalue weighted by atomic mass is 16.5. The van der Waals surface area contributed by atoms with E-state index in [-0.39, 0.29) is 29.5 Å². The summed E-state index contributed by atoms with van der Waals surface area (Å²) < 4.78 is 12.2. The van der Waals surface area contributed by atoms with Gasteiger partial charge in [0, 0.05) is 5.69 Å². The van der Waals surface area contributed by atoms with Crippen LogP contribution in [-0.4, -0.2) is 29.4 Å². The molecule has 1 amide bonds. The maximum absolute atomic E-state index is 13.9. The number of Topliss-reactive ketones (excluding diaryl/α,β-unsaturated/α-hetero) is 1. The van der Waals surface area contributed by atoms with E-state index in [1.165, 1.54) is 0 Å². The van der Waals surface area contributed by atoms with E-state index in [1.807, 2.05) is 49.4 Å². The molecule has 3 heterocycles. The SMILES string of the molecule is CCCCCOc1ccc(C2C3=C(OC4CCC(C)CC4C3=O)C(=O)N2c2cccc(C)n2)cc1. The highest BCUT2D eigenvalue weighted by Crippen LogP contribution is 2.48. The van der Waals surface area contributed by atoms with Gasteiger partial charge in [0.05, 0.1) is 24.1 Å². The Bertz CT molecular complexity index is 1140. The van der Waals surface area contributed by atoms with E-state index in [4.69, 9.17) is 9.47 Å². The molecule has 184 valence electrons. The first kappa shape index (κ1) is 23.6. The molecule has 1 aromatic heterocycles. The Morgan fingerprint density at radius 2 is 1.89 bits per heavy atom. The summed E-state index contributed by atoms with van der Waals surface area (Å²) in [5.41, 5.74) is 2.14. The van der Waals surface area contributed by atoms with Gasteiger partial charge < -0.3 is 9.47 Å². The summed E-state index contributed by atoms with van der Waals surface area (Å²) in [5.74, 6) is 1.57. The van der Waals surface area contributed by atoms with E-state index < -0.39 is 6.04 Å². The summed E-state index contributed by atoms with van der Waals surface area (Å²) in [7, 11) is 0. The minimum absolute atomic E-state index is 0.0520. The molecule has 4 atom stereocenters. The number of carbonyl (C=O) groups is 2. The van der Waals surface area contributed by atoms with Crippen LogP contribution in [-0.2, 0) is 14.3 Å². The molecule has 4 unspecified atom stereocenters. The number of amides is 1. The minimum atomic E-state index is -0.563. The van der Waals surface area contributed by atoms with Gasteiger partial charge in [0.1, 0.15) is 17.7 Å². The van der Waals surface area contributed by atoms with Gasteiger partial charge in [0.25, 0.3) is 5.91 Å². The van der Waals surface area contributed by atoms with Crippen LogP contribution in [0.25, 0.3) is 0 Å². The predicted octanol–water partition coefficient (Wildman–Crippen LogP) is 5.71. The lowest BCUT2D eigenvalue weighted by atomic mass is 9.74. The van der Waals surface area contributed by atoms with E-state index in [0.717, 1.165) is 55.5 Å². The maximum Gasteiger partial charge on any atom is 0.295 e. The number of ether oxygens (including phenoxy) is 2. The molecule has 6 heteroatoms. The van der Waals surface area contributed by atoms with Gasteiger partial charge in [0.2, 0.25) is 0 Å². The molecular weight excluding hydrogens is 440 g/mol. The zero-order valence-electron chi connectivity index (χ0n) is 20.8. The van der Waals surface area contributed by atoms with Gasteiger partial charge in [-0.2, -0.15) is 0 Å². The summed E-state index contributed by atoms with van der Waals surface area (Å²) in [5, 5.41) is 0. The van der Waals surface area contributed by atoms with Gasteiger partial charge >= 0.3 is 0 Å². The number of anilines is 1. The fraction of sp³-hybridized carbons (Fsp3) is 0.483. The number of unbranched alkanes of at least 4 members (excludes halogenated alkanes) is 2. The second-order valence-corrected chi connectivity index (χ2v) is 10.1. The van der Waals surface area contributed by atoms with E-state index in [1.54, 1.807) is 4.90 Å². The molecule has 0 spiro atoms. The Labute approximate surface area is 207 Å². The molecule has 0 radical (unpaired) electrons. The quantitative estimate of drug-likeness (QED) is 0.481. The van der Waals surface area contributed by atoms with Crippen LogP contribution >= 0.6 is 0 Å². The summed E-state index contributed by atoms with van der Waals surface area (Å²) in [4.78, 5) is 33.8. The average molecular weight is 475 g/mol. The third-order valence-corrected chi connectivity index (χ3v) is 7.44. The van der Waals surface area contributed by atoms with Crippen LogP contribution in [0, 0.1) is 18.8 Å². The summed E-state index contributed by atoms with van der Waals surface area (Å²) in [6, 6.07) is 12.8. The molecule has 1 aliphatic carbocycles. The number of hydrogen-bond donors (Lipinski definition) is 0. The van der Waals surface area contributed by atoms with E-state index in [9.17, 15) is 9.59 Å². The minimum Gasteiger partial charge on any atom is -0.494 e. The smallest absolute Gasteiger partial charge is 0.295 e.